The summed E-state index contributed by atoms with van der Waals surface area (Å²) in [4.78, 5) is 1.98. The summed E-state index contributed by atoms with van der Waals surface area (Å²) in [6.07, 6.45) is 3.63. The van der Waals surface area contributed by atoms with Crippen molar-refractivity contribution in [2.75, 3.05) is 12.8 Å². The molecule has 0 bridgehead atoms. The Hall–Kier alpha value is -2.03. The highest BCUT2D eigenvalue weighted by Gasteiger charge is 2.39. The molecule has 30 heavy (non-hydrogen) atoms. The summed E-state index contributed by atoms with van der Waals surface area (Å²) in [7, 11) is 1.94. The number of nitrogens with zero attached hydrogens (tertiary/aromatic N) is 3. The number of hydrogen-bond acceptors (Lipinski definition) is 6. The van der Waals surface area contributed by atoms with Crippen molar-refractivity contribution >= 4 is 39.4 Å². The minimum Gasteiger partial charge on any atom is -0.382 e. The molecule has 0 amide bonds. The number of hydrogen-bond donors (Lipinski definition) is 4. The molecule has 1 fully saturated rings. The van der Waals surface area contributed by atoms with Crippen molar-refractivity contribution in [3.8, 4) is 5.69 Å². The second-order valence-corrected chi connectivity index (χ2v) is 10.6. The van der Waals surface area contributed by atoms with Crippen LogP contribution in [-0.2, 0) is 0 Å². The highest BCUT2D eigenvalue weighted by molar-refractivity contribution is 8.26. The van der Waals surface area contributed by atoms with Gasteiger partial charge in [-0.15, -0.1) is 0 Å². The third kappa shape index (κ3) is 5.17. The Kier molecular flexibility index (Phi) is 6.23. The Labute approximate surface area is 187 Å². The third-order valence-electron chi connectivity index (χ3n) is 5.31. The van der Waals surface area contributed by atoms with Gasteiger partial charge in [0, 0.05) is 42.0 Å². The van der Waals surface area contributed by atoms with Crippen molar-refractivity contribution in [3.63, 3.8) is 0 Å². The van der Waals surface area contributed by atoms with Crippen LogP contribution >= 0.6 is 23.4 Å². The third-order valence-corrected chi connectivity index (χ3v) is 6.53. The van der Waals surface area contributed by atoms with E-state index in [-0.39, 0.29) is 22.2 Å². The van der Waals surface area contributed by atoms with Gasteiger partial charge in [-0.1, -0.05) is 11.6 Å². The van der Waals surface area contributed by atoms with Crippen LogP contribution in [0.1, 0.15) is 46.1 Å². The number of piperidine rings is 1. The molecule has 1 saturated heterocycles. The minimum atomic E-state index is -0.00579. The van der Waals surface area contributed by atoms with Gasteiger partial charge in [-0.05, 0) is 70.5 Å². The highest BCUT2D eigenvalue weighted by atomic mass is 35.5. The first kappa shape index (κ1) is 22.7. The van der Waals surface area contributed by atoms with Crippen LogP contribution in [0, 0.1) is 10.8 Å². The molecule has 0 aliphatic carbocycles. The van der Waals surface area contributed by atoms with E-state index in [1.54, 1.807) is 29.1 Å². The van der Waals surface area contributed by atoms with Gasteiger partial charge >= 0.3 is 0 Å². The van der Waals surface area contributed by atoms with E-state index in [0.717, 1.165) is 30.3 Å². The molecule has 1 aliphatic rings. The number of halogens is 1. The van der Waals surface area contributed by atoms with Gasteiger partial charge in [0.2, 0.25) is 0 Å². The molecule has 9 heteroatoms. The number of benzene rings is 1. The Morgan fingerprint density at radius 1 is 1.23 bits per heavy atom. The average Bonchev–Trinajstić information content (AvgIpc) is 3.04. The molecule has 0 saturated carbocycles. The predicted molar refractivity (Wildman–Crippen MR) is 127 cm³/mol. The Morgan fingerprint density at radius 2 is 1.87 bits per heavy atom. The van der Waals surface area contributed by atoms with Crippen molar-refractivity contribution in [1.29, 1.82) is 10.8 Å². The van der Waals surface area contributed by atoms with Gasteiger partial charge < -0.3 is 16.0 Å². The number of aromatic nitrogens is 2. The zero-order valence-corrected chi connectivity index (χ0v) is 19.7. The molecule has 1 aromatic heterocycles. The smallest absolute Gasteiger partial charge is 0.162 e. The Balaban J connectivity index is 1.70. The second-order valence-electron chi connectivity index (χ2n) is 9.15. The maximum atomic E-state index is 8.58. The molecule has 162 valence electrons. The Morgan fingerprint density at radius 3 is 2.40 bits per heavy atom. The topological polar surface area (TPSA) is 107 Å². The van der Waals surface area contributed by atoms with Gasteiger partial charge in [-0.3, -0.25) is 10.8 Å². The van der Waals surface area contributed by atoms with Crippen LogP contribution in [0.3, 0.4) is 0 Å². The fraction of sp³-hybridized carbons (Fsp3) is 0.476. The van der Waals surface area contributed by atoms with Crippen LogP contribution in [0.4, 0.5) is 5.82 Å². The zero-order valence-electron chi connectivity index (χ0n) is 18.1. The number of anilines is 1. The van der Waals surface area contributed by atoms with E-state index < -0.39 is 0 Å². The molecule has 2 aromatic rings. The van der Waals surface area contributed by atoms with Gasteiger partial charge in [-0.25, -0.2) is 4.68 Å². The maximum Gasteiger partial charge on any atom is 0.162 e. The first-order valence-electron chi connectivity index (χ1n) is 9.85. The first-order chi connectivity index (χ1) is 13.9. The SMILES string of the molecule is CN(C(=N)SC(=N)c1ccc(-n2ccc(N)n2)cc1Cl)C1CC(C)(C)NC(C)(C)C1. The van der Waals surface area contributed by atoms with Gasteiger partial charge in [0.25, 0.3) is 0 Å². The number of nitrogens with two attached hydrogens (primary N) is 1. The van der Waals surface area contributed by atoms with E-state index in [2.05, 4.69) is 38.1 Å². The lowest BCUT2D eigenvalue weighted by atomic mass is 9.79. The number of nitrogens with one attached hydrogen (secondary N) is 3. The molecule has 0 unspecified atom stereocenters. The lowest BCUT2D eigenvalue weighted by molar-refractivity contribution is 0.114. The van der Waals surface area contributed by atoms with Crippen molar-refractivity contribution in [3.05, 3.63) is 41.0 Å². The van der Waals surface area contributed by atoms with E-state index in [4.69, 9.17) is 28.2 Å². The fourth-order valence-corrected chi connectivity index (χ4v) is 5.34. The van der Waals surface area contributed by atoms with Crippen LogP contribution < -0.4 is 11.1 Å². The minimum absolute atomic E-state index is 0.00579. The highest BCUT2D eigenvalue weighted by Crippen LogP contribution is 2.33. The standard InChI is InChI=1S/C21H30ClN7S/c1-20(2)11-14(12-21(3,4)27-20)28(5)19(25)30-18(24)15-7-6-13(10-16(15)22)29-9-8-17(23)26-29/h6-10,14,24-25,27H,11-12H2,1-5H3,(H2,23,26). The predicted octanol–water partition coefficient (Wildman–Crippen LogP) is 4.34. The summed E-state index contributed by atoms with van der Waals surface area (Å²) in [6, 6.07) is 7.32. The van der Waals surface area contributed by atoms with E-state index in [0.29, 0.717) is 21.6 Å². The van der Waals surface area contributed by atoms with Crippen molar-refractivity contribution in [2.45, 2.75) is 57.7 Å². The summed E-state index contributed by atoms with van der Waals surface area (Å²) >= 11 is 7.57. The van der Waals surface area contributed by atoms with Crippen LogP contribution in [0.2, 0.25) is 5.02 Å². The molecule has 2 heterocycles. The fourth-order valence-electron chi connectivity index (χ4n) is 4.24. The molecule has 5 N–H and O–H groups in total. The van der Waals surface area contributed by atoms with Gasteiger partial charge in [0.1, 0.15) is 10.9 Å². The van der Waals surface area contributed by atoms with Gasteiger partial charge in [-0.2, -0.15) is 5.10 Å². The van der Waals surface area contributed by atoms with Crippen molar-refractivity contribution in [1.82, 2.24) is 20.0 Å². The van der Waals surface area contributed by atoms with Crippen molar-refractivity contribution < 1.29 is 0 Å². The number of rotatable bonds is 3. The molecule has 1 aliphatic heterocycles. The molecular weight excluding hydrogens is 418 g/mol. The average molecular weight is 448 g/mol. The van der Waals surface area contributed by atoms with Crippen LogP contribution in [-0.4, -0.2) is 49.1 Å². The van der Waals surface area contributed by atoms with E-state index in [1.165, 1.54) is 0 Å². The van der Waals surface area contributed by atoms with Gasteiger partial charge in [0.05, 0.1) is 10.7 Å². The monoisotopic (exact) mass is 447 g/mol. The summed E-state index contributed by atoms with van der Waals surface area (Å²) in [6.45, 7) is 8.79. The van der Waals surface area contributed by atoms with Crippen LogP contribution in [0.5, 0.6) is 0 Å². The van der Waals surface area contributed by atoms with E-state index >= 15 is 0 Å². The number of nitrogen functional groups attached to an aromatic ring is 1. The lowest BCUT2D eigenvalue weighted by Gasteiger charge is -2.49. The summed E-state index contributed by atoms with van der Waals surface area (Å²) in [5, 5.41) is 26.0. The van der Waals surface area contributed by atoms with E-state index in [1.807, 2.05) is 18.0 Å². The first-order valence-corrected chi connectivity index (χ1v) is 11.0. The largest absolute Gasteiger partial charge is 0.382 e. The molecular formula is C21H30ClN7S. The second kappa shape index (κ2) is 8.24. The number of amidine groups is 1. The molecule has 7 nitrogen and oxygen atoms in total. The molecule has 0 spiro atoms. The van der Waals surface area contributed by atoms with Crippen LogP contribution in [0.15, 0.2) is 30.5 Å². The molecule has 0 atom stereocenters. The summed E-state index contributed by atoms with van der Waals surface area (Å²) in [5.41, 5.74) is 7.02. The quantitative estimate of drug-likeness (QED) is 0.413. The molecule has 0 radical (unpaired) electrons. The molecule has 3 rings (SSSR count). The summed E-state index contributed by atoms with van der Waals surface area (Å²) < 4.78 is 1.64. The number of thioether (sulfide) groups is 1. The maximum absolute atomic E-state index is 8.58. The zero-order chi connectivity index (χ0) is 22.3. The van der Waals surface area contributed by atoms with E-state index in [9.17, 15) is 0 Å². The lowest BCUT2D eigenvalue weighted by Crippen LogP contribution is -2.62. The van der Waals surface area contributed by atoms with Crippen LogP contribution in [0.25, 0.3) is 5.69 Å². The van der Waals surface area contributed by atoms with Crippen molar-refractivity contribution in [2.24, 2.45) is 0 Å². The normalized spacial score (nSPS) is 18.2. The molecule has 1 aromatic carbocycles. The Bertz CT molecular complexity index is 950. The van der Waals surface area contributed by atoms with Gasteiger partial charge in [0.15, 0.2) is 5.17 Å². The summed E-state index contributed by atoms with van der Waals surface area (Å²) in [5.74, 6) is 0.430.